The van der Waals surface area contributed by atoms with Crippen LogP contribution >= 0.6 is 0 Å². The zero-order chi connectivity index (χ0) is 20.4. The Hall–Kier alpha value is -3.22. The quantitative estimate of drug-likeness (QED) is 0.648. The first-order valence-corrected chi connectivity index (χ1v) is 8.96. The van der Waals surface area contributed by atoms with Crippen LogP contribution in [-0.4, -0.2) is 37.0 Å². The van der Waals surface area contributed by atoms with Crippen LogP contribution in [0.1, 0.15) is 29.3 Å². The molecule has 2 aromatic rings. The molecule has 0 aliphatic rings. The first kappa shape index (κ1) is 21.1. The maximum absolute atomic E-state index is 13.1. The monoisotopic (exact) mass is 386 g/mol. The number of ether oxygens (including phenoxy) is 1. The van der Waals surface area contributed by atoms with Gasteiger partial charge in [-0.3, -0.25) is 14.4 Å². The van der Waals surface area contributed by atoms with Gasteiger partial charge in [0.05, 0.1) is 0 Å². The number of amides is 2. The fourth-order valence-electron chi connectivity index (χ4n) is 2.50. The fourth-order valence-corrected chi connectivity index (χ4v) is 2.50. The third-order valence-electron chi connectivity index (χ3n) is 3.96. The van der Waals surface area contributed by atoms with Crippen LogP contribution in [-0.2, 0) is 20.7 Å². The molecule has 28 heavy (non-hydrogen) atoms. The number of nitrogens with one attached hydrogen (secondary N) is 2. The molecule has 0 saturated carbocycles. The summed E-state index contributed by atoms with van der Waals surface area (Å²) in [6.07, 6.45) is 1.58. The number of hydrogen-bond donors (Lipinski definition) is 2. The second-order valence-electron chi connectivity index (χ2n) is 6.35. The topological polar surface area (TPSA) is 84.5 Å². The molecular weight excluding hydrogens is 363 g/mol. The van der Waals surface area contributed by atoms with Crippen LogP contribution in [0.2, 0.25) is 0 Å². The first-order valence-electron chi connectivity index (χ1n) is 8.96. The lowest BCUT2D eigenvalue weighted by atomic mass is 10.1. The van der Waals surface area contributed by atoms with Crippen LogP contribution in [0, 0.1) is 5.82 Å². The molecule has 1 atom stereocenters. The zero-order valence-electron chi connectivity index (χ0n) is 15.6. The van der Waals surface area contributed by atoms with Crippen molar-refractivity contribution in [3.63, 3.8) is 0 Å². The standard InChI is InChI=1S/C21H23FN2O4/c1-15(10-11-16-6-3-2-4-7-16)24-19(25)14-28-20(26)13-23-21(27)17-8-5-9-18(22)12-17/h2-9,12,15H,10-11,13-14H2,1H3,(H,23,27)(H,24,25)/t15-/m0/s1. The minimum absolute atomic E-state index is 0.0703. The Bertz CT molecular complexity index is 811. The molecule has 2 amide bonds. The minimum atomic E-state index is -0.753. The first-order chi connectivity index (χ1) is 13.4. The maximum Gasteiger partial charge on any atom is 0.325 e. The van der Waals surface area contributed by atoms with E-state index >= 15 is 0 Å². The number of esters is 1. The van der Waals surface area contributed by atoms with Gasteiger partial charge < -0.3 is 15.4 Å². The Balaban J connectivity index is 1.63. The fraction of sp³-hybridized carbons (Fsp3) is 0.286. The molecule has 0 radical (unpaired) electrons. The van der Waals surface area contributed by atoms with Crippen LogP contribution in [0.15, 0.2) is 54.6 Å². The van der Waals surface area contributed by atoms with Crippen molar-refractivity contribution in [2.45, 2.75) is 25.8 Å². The second-order valence-corrected chi connectivity index (χ2v) is 6.35. The van der Waals surface area contributed by atoms with Gasteiger partial charge in [0.1, 0.15) is 12.4 Å². The highest BCUT2D eigenvalue weighted by atomic mass is 19.1. The predicted octanol–water partition coefficient (Wildman–Crippen LogP) is 2.24. The van der Waals surface area contributed by atoms with Crippen molar-refractivity contribution in [2.75, 3.05) is 13.2 Å². The Morgan fingerprint density at radius 2 is 1.82 bits per heavy atom. The summed E-state index contributed by atoms with van der Waals surface area (Å²) < 4.78 is 17.9. The molecule has 148 valence electrons. The molecule has 2 aromatic carbocycles. The Morgan fingerprint density at radius 3 is 2.54 bits per heavy atom. The minimum Gasteiger partial charge on any atom is -0.454 e. The third kappa shape index (κ3) is 7.57. The number of rotatable bonds is 9. The second kappa shape index (κ2) is 10.8. The summed E-state index contributed by atoms with van der Waals surface area (Å²) >= 11 is 0. The van der Waals surface area contributed by atoms with Crippen LogP contribution in [0.5, 0.6) is 0 Å². The highest BCUT2D eigenvalue weighted by Crippen LogP contribution is 2.05. The van der Waals surface area contributed by atoms with E-state index in [0.29, 0.717) is 0 Å². The number of halogens is 1. The normalized spacial score (nSPS) is 11.4. The summed E-state index contributed by atoms with van der Waals surface area (Å²) in [4.78, 5) is 35.3. The van der Waals surface area contributed by atoms with Gasteiger partial charge in [-0.25, -0.2) is 4.39 Å². The van der Waals surface area contributed by atoms with Gasteiger partial charge in [0, 0.05) is 11.6 Å². The molecule has 0 fully saturated rings. The van der Waals surface area contributed by atoms with E-state index in [1.807, 2.05) is 37.3 Å². The molecule has 0 heterocycles. The lowest BCUT2D eigenvalue weighted by molar-refractivity contribution is -0.147. The molecule has 0 bridgehead atoms. The van der Waals surface area contributed by atoms with E-state index in [4.69, 9.17) is 4.74 Å². The smallest absolute Gasteiger partial charge is 0.325 e. The summed E-state index contributed by atoms with van der Waals surface area (Å²) in [6, 6.07) is 14.9. The van der Waals surface area contributed by atoms with Crippen molar-refractivity contribution in [3.8, 4) is 0 Å². The molecule has 2 rings (SSSR count). The van der Waals surface area contributed by atoms with E-state index in [2.05, 4.69) is 10.6 Å². The van der Waals surface area contributed by atoms with Crippen molar-refractivity contribution in [1.82, 2.24) is 10.6 Å². The Morgan fingerprint density at radius 1 is 1.07 bits per heavy atom. The zero-order valence-corrected chi connectivity index (χ0v) is 15.6. The SMILES string of the molecule is C[C@@H](CCc1ccccc1)NC(=O)COC(=O)CNC(=O)c1cccc(F)c1. The van der Waals surface area contributed by atoms with Gasteiger partial charge in [0.25, 0.3) is 11.8 Å². The molecule has 0 aliphatic heterocycles. The van der Waals surface area contributed by atoms with E-state index in [-0.39, 0.29) is 11.6 Å². The van der Waals surface area contributed by atoms with Crippen LogP contribution in [0.25, 0.3) is 0 Å². The number of hydrogen-bond acceptors (Lipinski definition) is 4. The van der Waals surface area contributed by atoms with E-state index in [9.17, 15) is 18.8 Å². The van der Waals surface area contributed by atoms with Gasteiger partial charge in [-0.05, 0) is 43.5 Å². The van der Waals surface area contributed by atoms with Crippen LogP contribution in [0.4, 0.5) is 4.39 Å². The van der Waals surface area contributed by atoms with Gasteiger partial charge in [0.2, 0.25) is 0 Å². The van der Waals surface area contributed by atoms with Crippen LogP contribution < -0.4 is 10.6 Å². The molecule has 7 heteroatoms. The number of carbonyl (C=O) groups is 3. The molecule has 0 spiro atoms. The largest absolute Gasteiger partial charge is 0.454 e. The summed E-state index contributed by atoms with van der Waals surface area (Å²) in [7, 11) is 0. The number of aryl methyl sites for hydroxylation is 1. The molecule has 0 unspecified atom stereocenters. The summed E-state index contributed by atoms with van der Waals surface area (Å²) in [6.45, 7) is 1.04. The Labute approximate surface area is 163 Å². The summed E-state index contributed by atoms with van der Waals surface area (Å²) in [5.74, 6) is -2.31. The summed E-state index contributed by atoms with van der Waals surface area (Å²) in [5.41, 5.74) is 1.28. The highest BCUT2D eigenvalue weighted by molar-refractivity contribution is 5.96. The van der Waals surface area contributed by atoms with E-state index < -0.39 is 36.8 Å². The van der Waals surface area contributed by atoms with E-state index in [1.165, 1.54) is 23.8 Å². The molecule has 0 aromatic heterocycles. The average molecular weight is 386 g/mol. The number of benzene rings is 2. The summed E-state index contributed by atoms with van der Waals surface area (Å²) in [5, 5.41) is 5.07. The average Bonchev–Trinajstić information content (AvgIpc) is 2.69. The third-order valence-corrected chi connectivity index (χ3v) is 3.96. The van der Waals surface area contributed by atoms with Crippen molar-refractivity contribution in [3.05, 3.63) is 71.5 Å². The lowest BCUT2D eigenvalue weighted by Crippen LogP contribution is -2.37. The van der Waals surface area contributed by atoms with Gasteiger partial charge >= 0.3 is 5.97 Å². The van der Waals surface area contributed by atoms with Crippen molar-refractivity contribution < 1.29 is 23.5 Å². The van der Waals surface area contributed by atoms with Gasteiger partial charge in [-0.2, -0.15) is 0 Å². The molecule has 0 aliphatic carbocycles. The van der Waals surface area contributed by atoms with E-state index in [0.717, 1.165) is 18.9 Å². The van der Waals surface area contributed by atoms with Crippen molar-refractivity contribution in [2.24, 2.45) is 0 Å². The van der Waals surface area contributed by atoms with Crippen LogP contribution in [0.3, 0.4) is 0 Å². The van der Waals surface area contributed by atoms with Crippen molar-refractivity contribution in [1.29, 1.82) is 0 Å². The molecular formula is C21H23FN2O4. The van der Waals surface area contributed by atoms with Gasteiger partial charge in [-0.15, -0.1) is 0 Å². The van der Waals surface area contributed by atoms with Gasteiger partial charge in [-0.1, -0.05) is 36.4 Å². The predicted molar refractivity (Wildman–Crippen MR) is 102 cm³/mol. The number of carbonyl (C=O) groups excluding carboxylic acids is 3. The molecule has 0 saturated heterocycles. The maximum atomic E-state index is 13.1. The highest BCUT2D eigenvalue weighted by Gasteiger charge is 2.13. The Kier molecular flexibility index (Phi) is 8.14. The van der Waals surface area contributed by atoms with E-state index in [1.54, 1.807) is 0 Å². The lowest BCUT2D eigenvalue weighted by Gasteiger charge is -2.14. The molecule has 2 N–H and O–H groups in total. The molecule has 6 nitrogen and oxygen atoms in total. The van der Waals surface area contributed by atoms with Crippen molar-refractivity contribution >= 4 is 17.8 Å². The van der Waals surface area contributed by atoms with Gasteiger partial charge in [0.15, 0.2) is 6.61 Å².